The zero-order valence-electron chi connectivity index (χ0n) is 11.4. The fourth-order valence-corrected chi connectivity index (χ4v) is 3.04. The maximum Gasteiger partial charge on any atom is 0.324 e. The Balaban J connectivity index is 1.95. The Labute approximate surface area is 109 Å². The van der Waals surface area contributed by atoms with Crippen LogP contribution in [0.2, 0.25) is 0 Å². The van der Waals surface area contributed by atoms with Crippen molar-refractivity contribution >= 4 is 5.97 Å². The number of hydrogen-bond acceptors (Lipinski definition) is 3. The van der Waals surface area contributed by atoms with Gasteiger partial charge in [0.15, 0.2) is 0 Å². The number of carboxylic acids is 1. The monoisotopic (exact) mass is 255 g/mol. The minimum absolute atomic E-state index is 0.217. The van der Waals surface area contributed by atoms with Gasteiger partial charge in [-0.15, -0.1) is 0 Å². The second-order valence-electron chi connectivity index (χ2n) is 5.99. The molecule has 2 saturated carbocycles. The summed E-state index contributed by atoms with van der Waals surface area (Å²) >= 11 is 0. The Kier molecular flexibility index (Phi) is 4.28. The Morgan fingerprint density at radius 3 is 2.72 bits per heavy atom. The molecule has 0 heterocycles. The largest absolute Gasteiger partial charge is 0.480 e. The van der Waals surface area contributed by atoms with Crippen LogP contribution in [0.5, 0.6) is 0 Å². The molecule has 18 heavy (non-hydrogen) atoms. The van der Waals surface area contributed by atoms with Gasteiger partial charge in [0.25, 0.3) is 0 Å². The van der Waals surface area contributed by atoms with E-state index in [-0.39, 0.29) is 12.0 Å². The summed E-state index contributed by atoms with van der Waals surface area (Å²) in [6, 6.07) is 0.438. The van der Waals surface area contributed by atoms with E-state index in [1.54, 1.807) is 0 Å². The van der Waals surface area contributed by atoms with Gasteiger partial charge >= 0.3 is 5.97 Å². The number of hydrogen-bond donors (Lipinski definition) is 2. The average molecular weight is 255 g/mol. The molecular formula is C14H25NO3. The summed E-state index contributed by atoms with van der Waals surface area (Å²) in [4.78, 5) is 11.7. The van der Waals surface area contributed by atoms with E-state index >= 15 is 0 Å². The maximum absolute atomic E-state index is 11.7. The lowest BCUT2D eigenvalue weighted by Crippen LogP contribution is -2.55. The molecule has 2 unspecified atom stereocenters. The standard InChI is InChI=1S/C14H25NO3/c1-10(2)18-9-7-11-4-3-8-14(11,13(16)17)15-12-5-6-12/h10-12,15H,3-9H2,1-2H3,(H,16,17). The first-order chi connectivity index (χ1) is 8.54. The van der Waals surface area contributed by atoms with E-state index in [9.17, 15) is 9.90 Å². The molecule has 4 heteroatoms. The lowest BCUT2D eigenvalue weighted by Gasteiger charge is -2.33. The van der Waals surface area contributed by atoms with E-state index in [0.29, 0.717) is 12.6 Å². The van der Waals surface area contributed by atoms with Crippen LogP contribution in [0.25, 0.3) is 0 Å². The minimum atomic E-state index is -0.679. The van der Waals surface area contributed by atoms with Crippen molar-refractivity contribution in [1.82, 2.24) is 5.32 Å². The second kappa shape index (κ2) is 5.57. The van der Waals surface area contributed by atoms with Crippen molar-refractivity contribution in [1.29, 1.82) is 0 Å². The molecule has 0 bridgehead atoms. The summed E-state index contributed by atoms with van der Waals surface area (Å²) in [7, 11) is 0. The summed E-state index contributed by atoms with van der Waals surface area (Å²) in [5, 5.41) is 13.0. The molecule has 0 aromatic heterocycles. The predicted octanol–water partition coefficient (Wildman–Crippen LogP) is 2.18. The van der Waals surface area contributed by atoms with Crippen LogP contribution in [0.1, 0.15) is 52.4 Å². The summed E-state index contributed by atoms with van der Waals surface area (Å²) < 4.78 is 5.58. The van der Waals surface area contributed by atoms with Gasteiger partial charge in [0.05, 0.1) is 6.10 Å². The molecular weight excluding hydrogens is 230 g/mol. The Bertz CT molecular complexity index is 301. The second-order valence-corrected chi connectivity index (χ2v) is 5.99. The van der Waals surface area contributed by atoms with Crippen molar-refractivity contribution in [3.8, 4) is 0 Å². The van der Waals surface area contributed by atoms with Crippen molar-refractivity contribution in [2.75, 3.05) is 6.61 Å². The van der Waals surface area contributed by atoms with Gasteiger partial charge in [0, 0.05) is 12.6 Å². The third-order valence-electron chi connectivity index (χ3n) is 4.16. The van der Waals surface area contributed by atoms with Crippen molar-refractivity contribution in [3.05, 3.63) is 0 Å². The van der Waals surface area contributed by atoms with Crippen LogP contribution >= 0.6 is 0 Å². The molecule has 4 nitrogen and oxygen atoms in total. The summed E-state index contributed by atoms with van der Waals surface area (Å²) in [6.45, 7) is 4.70. The maximum atomic E-state index is 11.7. The third-order valence-corrected chi connectivity index (χ3v) is 4.16. The molecule has 0 amide bonds. The molecule has 0 radical (unpaired) electrons. The highest BCUT2D eigenvalue weighted by Crippen LogP contribution is 2.40. The smallest absolute Gasteiger partial charge is 0.324 e. The number of ether oxygens (including phenoxy) is 1. The first-order valence-corrected chi connectivity index (χ1v) is 7.17. The number of aliphatic carboxylic acids is 1. The zero-order chi connectivity index (χ0) is 13.2. The quantitative estimate of drug-likeness (QED) is 0.732. The first-order valence-electron chi connectivity index (χ1n) is 7.17. The van der Waals surface area contributed by atoms with E-state index in [2.05, 4.69) is 5.32 Å². The van der Waals surface area contributed by atoms with Gasteiger partial charge < -0.3 is 9.84 Å². The van der Waals surface area contributed by atoms with Crippen LogP contribution in [-0.4, -0.2) is 35.4 Å². The highest BCUT2D eigenvalue weighted by atomic mass is 16.5. The predicted molar refractivity (Wildman–Crippen MR) is 69.6 cm³/mol. The highest BCUT2D eigenvalue weighted by Gasteiger charge is 2.50. The van der Waals surface area contributed by atoms with Crippen molar-refractivity contribution in [2.45, 2.75) is 70.1 Å². The van der Waals surface area contributed by atoms with Crippen LogP contribution in [0.3, 0.4) is 0 Å². The van der Waals surface area contributed by atoms with Gasteiger partial charge in [-0.25, -0.2) is 0 Å². The lowest BCUT2D eigenvalue weighted by atomic mass is 9.84. The molecule has 2 aliphatic carbocycles. The highest BCUT2D eigenvalue weighted by molar-refractivity contribution is 5.80. The van der Waals surface area contributed by atoms with Gasteiger partial charge in [-0.1, -0.05) is 6.42 Å². The SMILES string of the molecule is CC(C)OCCC1CCCC1(NC1CC1)C(=O)O. The Morgan fingerprint density at radius 1 is 1.44 bits per heavy atom. The van der Waals surface area contributed by atoms with Gasteiger partial charge in [-0.05, 0) is 51.9 Å². The van der Waals surface area contributed by atoms with E-state index in [0.717, 1.165) is 38.5 Å². The van der Waals surface area contributed by atoms with Crippen molar-refractivity contribution < 1.29 is 14.6 Å². The molecule has 2 fully saturated rings. The molecule has 2 aliphatic rings. The van der Waals surface area contributed by atoms with E-state index in [1.807, 2.05) is 13.8 Å². The van der Waals surface area contributed by atoms with E-state index in [4.69, 9.17) is 4.74 Å². The van der Waals surface area contributed by atoms with Gasteiger partial charge in [-0.2, -0.15) is 0 Å². The van der Waals surface area contributed by atoms with Gasteiger partial charge in [0.1, 0.15) is 5.54 Å². The van der Waals surface area contributed by atoms with Gasteiger partial charge in [0.2, 0.25) is 0 Å². The third kappa shape index (κ3) is 3.04. The Morgan fingerprint density at radius 2 is 2.17 bits per heavy atom. The molecule has 0 spiro atoms. The topological polar surface area (TPSA) is 58.6 Å². The van der Waals surface area contributed by atoms with Gasteiger partial charge in [-0.3, -0.25) is 10.1 Å². The molecule has 104 valence electrons. The molecule has 0 aliphatic heterocycles. The van der Waals surface area contributed by atoms with Crippen LogP contribution in [0.4, 0.5) is 0 Å². The minimum Gasteiger partial charge on any atom is -0.480 e. The summed E-state index contributed by atoms with van der Waals surface area (Å²) in [5.74, 6) is -0.448. The average Bonchev–Trinajstić information content (AvgIpc) is 2.99. The molecule has 2 atom stereocenters. The molecule has 0 saturated heterocycles. The number of rotatable bonds is 7. The fraction of sp³-hybridized carbons (Fsp3) is 0.929. The molecule has 0 aromatic rings. The van der Waals surface area contributed by atoms with Crippen LogP contribution in [-0.2, 0) is 9.53 Å². The van der Waals surface area contributed by atoms with E-state index in [1.165, 1.54) is 0 Å². The fourth-order valence-electron chi connectivity index (χ4n) is 3.04. The number of carboxylic acid groups (broad SMARTS) is 1. The lowest BCUT2D eigenvalue weighted by molar-refractivity contribution is -0.147. The Hall–Kier alpha value is -0.610. The first kappa shape index (κ1) is 13.8. The van der Waals surface area contributed by atoms with E-state index < -0.39 is 11.5 Å². The summed E-state index contributed by atoms with van der Waals surface area (Å²) in [5.41, 5.74) is -0.679. The normalized spacial score (nSPS) is 32.1. The van der Waals surface area contributed by atoms with Crippen molar-refractivity contribution in [3.63, 3.8) is 0 Å². The van der Waals surface area contributed by atoms with Crippen LogP contribution < -0.4 is 5.32 Å². The van der Waals surface area contributed by atoms with Crippen molar-refractivity contribution in [2.24, 2.45) is 5.92 Å². The van der Waals surface area contributed by atoms with Crippen LogP contribution in [0, 0.1) is 5.92 Å². The zero-order valence-corrected chi connectivity index (χ0v) is 11.4. The van der Waals surface area contributed by atoms with Crippen LogP contribution in [0.15, 0.2) is 0 Å². The summed E-state index contributed by atoms with van der Waals surface area (Å²) in [6.07, 6.45) is 6.12. The molecule has 2 N–H and O–H groups in total. The number of nitrogens with one attached hydrogen (secondary N) is 1. The molecule has 0 aromatic carbocycles. The molecule has 2 rings (SSSR count). The number of carbonyl (C=O) groups is 1.